The van der Waals surface area contributed by atoms with Gasteiger partial charge in [0.1, 0.15) is 5.82 Å². The first kappa shape index (κ1) is 13.4. The number of aryl methyl sites for hydroxylation is 1. The molecule has 0 unspecified atom stereocenters. The Morgan fingerprint density at radius 3 is 2.38 bits per heavy atom. The lowest BCUT2D eigenvalue weighted by molar-refractivity contribution is 0.627. The molecule has 0 aliphatic heterocycles. The minimum Gasteiger partial charge on any atom is -0.381 e. The smallest absolute Gasteiger partial charge is 0.123 e. The van der Waals surface area contributed by atoms with E-state index in [1.165, 1.54) is 12.1 Å². The Morgan fingerprint density at radius 2 is 1.76 bits per heavy atom. The van der Waals surface area contributed by atoms with Crippen molar-refractivity contribution in [2.24, 2.45) is 0 Å². The molecule has 4 heteroatoms. The van der Waals surface area contributed by atoms with Crippen LogP contribution in [0.3, 0.4) is 0 Å². The molecule has 0 aliphatic rings. The largest absolute Gasteiger partial charge is 0.381 e. The molecular weight excluding hydrogens is 265 g/mol. The molecule has 0 fully saturated rings. The van der Waals surface area contributed by atoms with Crippen molar-refractivity contribution < 1.29 is 4.39 Å². The highest BCUT2D eigenvalue weighted by Crippen LogP contribution is 2.22. The number of hydrogen-bond acceptors (Lipinski definition) is 2. The SMILES string of the molecule is Cc1[nH]cnc1-c1ccc(NCc2ccc(F)cc2)cc1. The monoisotopic (exact) mass is 281 g/mol. The highest BCUT2D eigenvalue weighted by molar-refractivity contribution is 5.64. The summed E-state index contributed by atoms with van der Waals surface area (Å²) in [6.07, 6.45) is 1.70. The van der Waals surface area contributed by atoms with E-state index >= 15 is 0 Å². The van der Waals surface area contributed by atoms with Crippen molar-refractivity contribution in [2.45, 2.75) is 13.5 Å². The van der Waals surface area contributed by atoms with E-state index in [0.29, 0.717) is 6.54 Å². The molecule has 3 aromatic rings. The number of aromatic amines is 1. The Hall–Kier alpha value is -2.62. The highest BCUT2D eigenvalue weighted by Gasteiger charge is 2.04. The van der Waals surface area contributed by atoms with Crippen LogP contribution in [-0.4, -0.2) is 9.97 Å². The number of anilines is 1. The minimum absolute atomic E-state index is 0.211. The van der Waals surface area contributed by atoms with Gasteiger partial charge in [0.25, 0.3) is 0 Å². The van der Waals surface area contributed by atoms with Crippen LogP contribution in [0.15, 0.2) is 54.9 Å². The molecule has 0 aliphatic carbocycles. The molecule has 106 valence electrons. The van der Waals surface area contributed by atoms with Crippen molar-refractivity contribution >= 4 is 5.69 Å². The number of hydrogen-bond donors (Lipinski definition) is 2. The van der Waals surface area contributed by atoms with E-state index in [4.69, 9.17) is 0 Å². The van der Waals surface area contributed by atoms with Gasteiger partial charge in [-0.25, -0.2) is 9.37 Å². The lowest BCUT2D eigenvalue weighted by Crippen LogP contribution is -1.99. The summed E-state index contributed by atoms with van der Waals surface area (Å²) in [5.74, 6) is -0.211. The number of H-pyrrole nitrogens is 1. The van der Waals surface area contributed by atoms with Crippen LogP contribution in [0.5, 0.6) is 0 Å². The first-order chi connectivity index (χ1) is 10.2. The van der Waals surface area contributed by atoms with E-state index < -0.39 is 0 Å². The molecule has 0 saturated carbocycles. The van der Waals surface area contributed by atoms with Crippen molar-refractivity contribution in [3.05, 3.63) is 71.9 Å². The van der Waals surface area contributed by atoms with E-state index in [9.17, 15) is 4.39 Å². The number of rotatable bonds is 4. The average Bonchev–Trinajstić information content (AvgIpc) is 2.93. The number of halogens is 1. The summed E-state index contributed by atoms with van der Waals surface area (Å²) in [6.45, 7) is 2.67. The summed E-state index contributed by atoms with van der Waals surface area (Å²) in [5, 5.41) is 3.32. The van der Waals surface area contributed by atoms with Gasteiger partial charge in [-0.2, -0.15) is 0 Å². The van der Waals surface area contributed by atoms with Crippen LogP contribution in [-0.2, 0) is 6.54 Å². The van der Waals surface area contributed by atoms with Crippen molar-refractivity contribution in [2.75, 3.05) is 5.32 Å². The van der Waals surface area contributed by atoms with Crippen LogP contribution in [0.25, 0.3) is 11.3 Å². The molecule has 1 heterocycles. The Labute approximate surface area is 122 Å². The van der Waals surface area contributed by atoms with E-state index in [2.05, 4.69) is 15.3 Å². The maximum Gasteiger partial charge on any atom is 0.123 e. The van der Waals surface area contributed by atoms with Crippen LogP contribution in [0.4, 0.5) is 10.1 Å². The predicted octanol–water partition coefficient (Wildman–Crippen LogP) is 4.14. The second-order valence-electron chi connectivity index (χ2n) is 4.93. The molecule has 3 nitrogen and oxygen atoms in total. The van der Waals surface area contributed by atoms with Gasteiger partial charge in [0.15, 0.2) is 0 Å². The number of imidazole rings is 1. The second-order valence-corrected chi connectivity index (χ2v) is 4.93. The molecule has 0 bridgehead atoms. The molecule has 0 atom stereocenters. The highest BCUT2D eigenvalue weighted by atomic mass is 19.1. The van der Waals surface area contributed by atoms with E-state index in [0.717, 1.165) is 28.2 Å². The topological polar surface area (TPSA) is 40.7 Å². The van der Waals surface area contributed by atoms with Gasteiger partial charge in [0.05, 0.1) is 12.0 Å². The molecule has 2 N–H and O–H groups in total. The zero-order valence-electron chi connectivity index (χ0n) is 11.7. The molecular formula is C17H16FN3. The van der Waals surface area contributed by atoms with E-state index in [-0.39, 0.29) is 5.82 Å². The van der Waals surface area contributed by atoms with Gasteiger partial charge in [0, 0.05) is 23.5 Å². The van der Waals surface area contributed by atoms with E-state index in [1.54, 1.807) is 18.5 Å². The molecule has 2 aromatic carbocycles. The number of aromatic nitrogens is 2. The molecule has 0 spiro atoms. The van der Waals surface area contributed by atoms with Crippen LogP contribution in [0.2, 0.25) is 0 Å². The Morgan fingerprint density at radius 1 is 1.05 bits per heavy atom. The molecule has 21 heavy (non-hydrogen) atoms. The maximum absolute atomic E-state index is 12.8. The minimum atomic E-state index is -0.211. The quantitative estimate of drug-likeness (QED) is 0.754. The van der Waals surface area contributed by atoms with Crippen molar-refractivity contribution in [1.82, 2.24) is 9.97 Å². The fourth-order valence-electron chi connectivity index (χ4n) is 2.20. The predicted molar refractivity (Wildman–Crippen MR) is 82.5 cm³/mol. The van der Waals surface area contributed by atoms with Gasteiger partial charge in [-0.05, 0) is 36.8 Å². The lowest BCUT2D eigenvalue weighted by atomic mass is 10.1. The third-order valence-corrected chi connectivity index (χ3v) is 3.40. The summed E-state index contributed by atoms with van der Waals surface area (Å²) in [7, 11) is 0. The van der Waals surface area contributed by atoms with Crippen molar-refractivity contribution in [3.8, 4) is 11.3 Å². The zero-order chi connectivity index (χ0) is 14.7. The van der Waals surface area contributed by atoms with Gasteiger partial charge in [0.2, 0.25) is 0 Å². The van der Waals surface area contributed by atoms with Gasteiger partial charge in [-0.3, -0.25) is 0 Å². The van der Waals surface area contributed by atoms with Gasteiger partial charge in [-0.1, -0.05) is 24.3 Å². The summed E-state index contributed by atoms with van der Waals surface area (Å²) in [6, 6.07) is 14.6. The Bertz CT molecular complexity index is 715. The molecule has 3 rings (SSSR count). The van der Waals surface area contributed by atoms with Gasteiger partial charge < -0.3 is 10.3 Å². The number of nitrogens with one attached hydrogen (secondary N) is 2. The van der Waals surface area contributed by atoms with Gasteiger partial charge in [-0.15, -0.1) is 0 Å². The van der Waals surface area contributed by atoms with Crippen LogP contribution >= 0.6 is 0 Å². The fraction of sp³-hybridized carbons (Fsp3) is 0.118. The van der Waals surface area contributed by atoms with E-state index in [1.807, 2.05) is 31.2 Å². The maximum atomic E-state index is 12.8. The summed E-state index contributed by atoms with van der Waals surface area (Å²) in [4.78, 5) is 7.38. The fourth-order valence-corrected chi connectivity index (χ4v) is 2.20. The third-order valence-electron chi connectivity index (χ3n) is 3.40. The third kappa shape index (κ3) is 3.11. The van der Waals surface area contributed by atoms with Crippen LogP contribution in [0.1, 0.15) is 11.3 Å². The van der Waals surface area contributed by atoms with Crippen molar-refractivity contribution in [3.63, 3.8) is 0 Å². The Kier molecular flexibility index (Phi) is 3.69. The number of nitrogens with zero attached hydrogens (tertiary/aromatic N) is 1. The Balaban J connectivity index is 1.67. The summed E-state index contributed by atoms with van der Waals surface area (Å²) < 4.78 is 12.8. The summed E-state index contributed by atoms with van der Waals surface area (Å²) >= 11 is 0. The zero-order valence-corrected chi connectivity index (χ0v) is 11.7. The first-order valence-electron chi connectivity index (χ1n) is 6.81. The lowest BCUT2D eigenvalue weighted by Gasteiger charge is -2.07. The number of benzene rings is 2. The molecule has 0 radical (unpaired) electrons. The first-order valence-corrected chi connectivity index (χ1v) is 6.81. The molecule has 1 aromatic heterocycles. The summed E-state index contributed by atoms with van der Waals surface area (Å²) in [5.41, 5.74) is 5.18. The van der Waals surface area contributed by atoms with Gasteiger partial charge >= 0.3 is 0 Å². The average molecular weight is 281 g/mol. The molecule has 0 amide bonds. The normalized spacial score (nSPS) is 10.6. The van der Waals surface area contributed by atoms with Crippen molar-refractivity contribution in [1.29, 1.82) is 0 Å². The second kappa shape index (κ2) is 5.79. The van der Waals surface area contributed by atoms with Crippen LogP contribution < -0.4 is 5.32 Å². The van der Waals surface area contributed by atoms with Crippen LogP contribution in [0, 0.1) is 12.7 Å². The molecule has 0 saturated heterocycles. The standard InChI is InChI=1S/C17H16FN3/c1-12-17(21-11-20-12)14-4-8-16(9-5-14)19-10-13-2-6-15(18)7-3-13/h2-9,11,19H,10H2,1H3,(H,20,21).